The number of aromatic nitrogens is 3. The van der Waals surface area contributed by atoms with Crippen molar-refractivity contribution in [1.29, 1.82) is 0 Å². The largest absolute Gasteiger partial charge is 0.391 e. The molecule has 1 aromatic rings. The third-order valence-corrected chi connectivity index (χ3v) is 3.32. The molecule has 0 saturated carbocycles. The van der Waals surface area contributed by atoms with E-state index in [2.05, 4.69) is 15.2 Å². The SMILES string of the molecule is CCc1n[nH]c(CN2CCC(C(F)(F)F)CC2)n1. The standard InChI is InChI=1S/C11H17F3N4/c1-2-9-15-10(17-16-9)7-18-5-3-8(4-6-18)11(12,13)14/h8H,2-7H2,1H3,(H,15,16,17). The summed E-state index contributed by atoms with van der Waals surface area (Å²) in [6.45, 7) is 3.44. The van der Waals surface area contributed by atoms with E-state index in [4.69, 9.17) is 0 Å². The number of aryl methyl sites for hydroxylation is 1. The Hall–Kier alpha value is -1.11. The van der Waals surface area contributed by atoms with Crippen LogP contribution in [0.5, 0.6) is 0 Å². The van der Waals surface area contributed by atoms with Crippen LogP contribution in [0.2, 0.25) is 0 Å². The second kappa shape index (κ2) is 5.26. The Morgan fingerprint density at radius 3 is 2.50 bits per heavy atom. The van der Waals surface area contributed by atoms with Crippen molar-refractivity contribution in [3.05, 3.63) is 11.6 Å². The molecule has 4 nitrogen and oxygen atoms in total. The highest BCUT2D eigenvalue weighted by Crippen LogP contribution is 2.34. The van der Waals surface area contributed by atoms with Gasteiger partial charge in [-0.2, -0.15) is 18.3 Å². The van der Waals surface area contributed by atoms with Crippen molar-refractivity contribution in [3.8, 4) is 0 Å². The quantitative estimate of drug-likeness (QED) is 0.907. The van der Waals surface area contributed by atoms with E-state index in [1.165, 1.54) is 0 Å². The number of halogens is 3. The monoisotopic (exact) mass is 262 g/mol. The number of hydrogen-bond donors (Lipinski definition) is 1. The first kappa shape index (κ1) is 13.3. The van der Waals surface area contributed by atoms with Crippen molar-refractivity contribution in [2.24, 2.45) is 5.92 Å². The molecule has 7 heteroatoms. The van der Waals surface area contributed by atoms with Gasteiger partial charge in [-0.1, -0.05) is 6.92 Å². The zero-order valence-electron chi connectivity index (χ0n) is 10.3. The maximum atomic E-state index is 12.5. The van der Waals surface area contributed by atoms with Crippen molar-refractivity contribution in [2.45, 2.75) is 38.9 Å². The molecule has 102 valence electrons. The second-order valence-corrected chi connectivity index (χ2v) is 4.64. The highest BCUT2D eigenvalue weighted by Gasteiger charge is 2.41. The molecule has 1 aliphatic heterocycles. The first-order chi connectivity index (χ1) is 8.49. The van der Waals surface area contributed by atoms with Crippen LogP contribution in [-0.4, -0.2) is 39.3 Å². The van der Waals surface area contributed by atoms with Gasteiger partial charge in [0.15, 0.2) is 0 Å². The number of piperidine rings is 1. The molecule has 2 heterocycles. The molecule has 0 spiro atoms. The van der Waals surface area contributed by atoms with Crippen LogP contribution < -0.4 is 0 Å². The number of nitrogens with zero attached hydrogens (tertiary/aromatic N) is 3. The molecule has 0 atom stereocenters. The molecular formula is C11H17F3N4. The molecule has 1 fully saturated rings. The molecule has 1 saturated heterocycles. The van der Waals surface area contributed by atoms with E-state index in [9.17, 15) is 13.2 Å². The lowest BCUT2D eigenvalue weighted by molar-refractivity contribution is -0.185. The van der Waals surface area contributed by atoms with Gasteiger partial charge in [-0.05, 0) is 25.9 Å². The Bertz CT molecular complexity index is 380. The van der Waals surface area contributed by atoms with Gasteiger partial charge in [0.05, 0.1) is 12.5 Å². The fourth-order valence-electron chi connectivity index (χ4n) is 2.19. The summed E-state index contributed by atoms with van der Waals surface area (Å²) >= 11 is 0. The Kier molecular flexibility index (Phi) is 3.89. The lowest BCUT2D eigenvalue weighted by atomic mass is 9.96. The first-order valence-electron chi connectivity index (χ1n) is 6.18. The normalized spacial score (nSPS) is 19.3. The Balaban J connectivity index is 1.83. The Morgan fingerprint density at radius 1 is 1.33 bits per heavy atom. The molecule has 0 bridgehead atoms. The summed E-state index contributed by atoms with van der Waals surface area (Å²) in [4.78, 5) is 6.25. The summed E-state index contributed by atoms with van der Waals surface area (Å²) in [5, 5.41) is 6.83. The lowest BCUT2D eigenvalue weighted by Gasteiger charge is -2.32. The van der Waals surface area contributed by atoms with Crippen molar-refractivity contribution in [1.82, 2.24) is 20.1 Å². The number of rotatable bonds is 3. The van der Waals surface area contributed by atoms with Crippen LogP contribution in [0.3, 0.4) is 0 Å². The van der Waals surface area contributed by atoms with Gasteiger partial charge in [0.2, 0.25) is 0 Å². The summed E-state index contributed by atoms with van der Waals surface area (Å²) in [5.41, 5.74) is 0. The van der Waals surface area contributed by atoms with Gasteiger partial charge < -0.3 is 0 Å². The molecule has 0 unspecified atom stereocenters. The zero-order valence-corrected chi connectivity index (χ0v) is 10.3. The van der Waals surface area contributed by atoms with Crippen molar-refractivity contribution in [3.63, 3.8) is 0 Å². The van der Waals surface area contributed by atoms with Crippen molar-refractivity contribution >= 4 is 0 Å². The summed E-state index contributed by atoms with van der Waals surface area (Å²) < 4.78 is 37.5. The molecular weight excluding hydrogens is 245 g/mol. The van der Waals surface area contributed by atoms with E-state index < -0.39 is 12.1 Å². The fourth-order valence-corrected chi connectivity index (χ4v) is 2.19. The Labute approximate surface area is 104 Å². The van der Waals surface area contributed by atoms with Crippen LogP contribution in [-0.2, 0) is 13.0 Å². The zero-order chi connectivity index (χ0) is 13.2. The predicted molar refractivity (Wildman–Crippen MR) is 59.8 cm³/mol. The van der Waals surface area contributed by atoms with Gasteiger partial charge in [0, 0.05) is 6.42 Å². The maximum Gasteiger partial charge on any atom is 0.391 e. The molecule has 2 rings (SSSR count). The third-order valence-electron chi connectivity index (χ3n) is 3.32. The summed E-state index contributed by atoms with van der Waals surface area (Å²) in [5.74, 6) is 0.335. The molecule has 0 radical (unpaired) electrons. The Morgan fingerprint density at radius 2 is 2.00 bits per heavy atom. The van der Waals surface area contributed by atoms with E-state index in [0.29, 0.717) is 19.6 Å². The highest BCUT2D eigenvalue weighted by molar-refractivity contribution is 4.90. The van der Waals surface area contributed by atoms with Crippen LogP contribution in [0.1, 0.15) is 31.4 Å². The summed E-state index contributed by atoms with van der Waals surface area (Å²) in [6, 6.07) is 0. The van der Waals surface area contributed by atoms with Crippen LogP contribution in [0.15, 0.2) is 0 Å². The second-order valence-electron chi connectivity index (χ2n) is 4.64. The molecule has 0 aliphatic carbocycles. The number of aromatic amines is 1. The van der Waals surface area contributed by atoms with E-state index in [1.807, 2.05) is 11.8 Å². The lowest BCUT2D eigenvalue weighted by Crippen LogP contribution is -2.38. The molecule has 1 aliphatic rings. The number of likely N-dealkylation sites (tertiary alicyclic amines) is 1. The summed E-state index contributed by atoms with van der Waals surface area (Å²) in [7, 11) is 0. The number of H-pyrrole nitrogens is 1. The van der Waals surface area contributed by atoms with Crippen molar-refractivity contribution in [2.75, 3.05) is 13.1 Å². The van der Waals surface area contributed by atoms with Gasteiger partial charge in [-0.25, -0.2) is 4.98 Å². The van der Waals surface area contributed by atoms with E-state index in [1.54, 1.807) is 0 Å². The third kappa shape index (κ3) is 3.22. The molecule has 18 heavy (non-hydrogen) atoms. The van der Waals surface area contributed by atoms with Crippen LogP contribution >= 0.6 is 0 Å². The van der Waals surface area contributed by atoms with Gasteiger partial charge >= 0.3 is 6.18 Å². The van der Waals surface area contributed by atoms with Gasteiger partial charge in [0.25, 0.3) is 0 Å². The van der Waals surface area contributed by atoms with Crippen LogP contribution in [0.25, 0.3) is 0 Å². The number of nitrogens with one attached hydrogen (secondary N) is 1. The topological polar surface area (TPSA) is 44.8 Å². The van der Waals surface area contributed by atoms with Crippen molar-refractivity contribution < 1.29 is 13.2 Å². The molecule has 1 aromatic heterocycles. The van der Waals surface area contributed by atoms with E-state index in [0.717, 1.165) is 18.1 Å². The average molecular weight is 262 g/mol. The van der Waals surface area contributed by atoms with Gasteiger partial charge in [-0.3, -0.25) is 10.00 Å². The maximum absolute atomic E-state index is 12.5. The molecule has 1 N–H and O–H groups in total. The van der Waals surface area contributed by atoms with Crippen LogP contribution in [0, 0.1) is 5.92 Å². The van der Waals surface area contributed by atoms with Crippen LogP contribution in [0.4, 0.5) is 13.2 Å². The molecule has 0 aromatic carbocycles. The van der Waals surface area contributed by atoms with E-state index >= 15 is 0 Å². The predicted octanol–water partition coefficient (Wildman–Crippen LogP) is 2.14. The average Bonchev–Trinajstić information content (AvgIpc) is 2.76. The minimum Gasteiger partial charge on any atom is -0.296 e. The smallest absolute Gasteiger partial charge is 0.296 e. The first-order valence-corrected chi connectivity index (χ1v) is 6.18. The van der Waals surface area contributed by atoms with Gasteiger partial charge in [-0.15, -0.1) is 0 Å². The minimum atomic E-state index is -4.05. The summed E-state index contributed by atoms with van der Waals surface area (Å²) in [6.07, 6.45) is -2.93. The fraction of sp³-hybridized carbons (Fsp3) is 0.818. The van der Waals surface area contributed by atoms with Gasteiger partial charge in [0.1, 0.15) is 11.6 Å². The van der Waals surface area contributed by atoms with E-state index in [-0.39, 0.29) is 12.8 Å². The highest BCUT2D eigenvalue weighted by atomic mass is 19.4. The number of hydrogen-bond acceptors (Lipinski definition) is 3. The minimum absolute atomic E-state index is 0.179. The molecule has 0 amide bonds. The number of alkyl halides is 3.